The topological polar surface area (TPSA) is 82.6 Å². The van der Waals surface area contributed by atoms with Crippen LogP contribution < -0.4 is 4.52 Å². The van der Waals surface area contributed by atoms with Gasteiger partial charge in [-0.1, -0.05) is 15.9 Å². The molecule has 0 radical (unpaired) electrons. The summed E-state index contributed by atoms with van der Waals surface area (Å²) >= 11 is 3.27. The van der Waals surface area contributed by atoms with Crippen LogP contribution in [-0.4, -0.2) is 14.8 Å². The summed E-state index contributed by atoms with van der Waals surface area (Å²) in [6.45, 7) is 0. The quantitative estimate of drug-likeness (QED) is 0.742. The second kappa shape index (κ2) is 3.64. The van der Waals surface area contributed by atoms with Crippen LogP contribution in [0.15, 0.2) is 28.9 Å². The van der Waals surface area contributed by atoms with Crippen molar-refractivity contribution in [2.24, 2.45) is 0 Å². The minimum Gasteiger partial charge on any atom is -0.402 e. The van der Waals surface area contributed by atoms with Crippen LogP contribution in [0.4, 0.5) is 0 Å². The molecule has 1 aromatic carbocycles. The Morgan fingerprint density at radius 1 is 1.40 bits per heavy atom. The fourth-order valence-corrected chi connectivity index (χ4v) is 2.04. The van der Waals surface area contributed by atoms with Crippen LogP contribution in [0, 0.1) is 0 Å². The first-order valence-electron chi connectivity index (χ1n) is 3.97. The zero-order valence-corrected chi connectivity index (χ0v) is 9.83. The van der Waals surface area contributed by atoms with Gasteiger partial charge in [0.25, 0.3) is 0 Å². The SMILES string of the molecule is O=P(O)(O)Oc1c[nH]c2ccc(Br)cc12. The maximum Gasteiger partial charge on any atom is 0.524 e. The van der Waals surface area contributed by atoms with Crippen molar-refractivity contribution in [3.8, 4) is 5.75 Å². The molecule has 0 atom stereocenters. The fraction of sp³-hybridized carbons (Fsp3) is 0. The van der Waals surface area contributed by atoms with Crippen molar-refractivity contribution in [1.82, 2.24) is 4.98 Å². The first-order chi connectivity index (χ1) is 6.96. The highest BCUT2D eigenvalue weighted by Crippen LogP contribution is 2.41. The highest BCUT2D eigenvalue weighted by molar-refractivity contribution is 9.10. The average Bonchev–Trinajstić information content (AvgIpc) is 2.46. The molecule has 0 aliphatic heterocycles. The predicted octanol–water partition coefficient (Wildman–Crippen LogP) is 2.40. The van der Waals surface area contributed by atoms with E-state index >= 15 is 0 Å². The molecule has 7 heteroatoms. The van der Waals surface area contributed by atoms with Gasteiger partial charge in [-0.05, 0) is 18.2 Å². The molecule has 0 amide bonds. The van der Waals surface area contributed by atoms with Gasteiger partial charge in [-0.25, -0.2) is 4.57 Å². The lowest BCUT2D eigenvalue weighted by atomic mass is 10.2. The van der Waals surface area contributed by atoms with Gasteiger partial charge in [0.15, 0.2) is 5.75 Å². The van der Waals surface area contributed by atoms with E-state index in [0.717, 1.165) is 9.99 Å². The largest absolute Gasteiger partial charge is 0.524 e. The molecular weight excluding hydrogens is 285 g/mol. The number of H-pyrrole nitrogens is 1. The molecular formula is C8H7BrNO4P. The summed E-state index contributed by atoms with van der Waals surface area (Å²) < 4.78 is 16.0. The van der Waals surface area contributed by atoms with Gasteiger partial charge in [0.2, 0.25) is 0 Å². The molecule has 0 bridgehead atoms. The molecule has 0 saturated carbocycles. The third-order valence-corrected chi connectivity index (χ3v) is 2.75. The van der Waals surface area contributed by atoms with Crippen molar-refractivity contribution >= 4 is 34.7 Å². The number of rotatable bonds is 2. The highest BCUT2D eigenvalue weighted by Gasteiger charge is 2.18. The number of halogens is 1. The number of hydrogen-bond donors (Lipinski definition) is 3. The Morgan fingerprint density at radius 2 is 2.13 bits per heavy atom. The Morgan fingerprint density at radius 3 is 2.80 bits per heavy atom. The number of phosphoric acid groups is 1. The third-order valence-electron chi connectivity index (χ3n) is 1.82. The normalized spacial score (nSPS) is 11.9. The first-order valence-corrected chi connectivity index (χ1v) is 6.30. The highest BCUT2D eigenvalue weighted by atomic mass is 79.9. The second-order valence-corrected chi connectivity index (χ2v) is 5.00. The molecule has 80 valence electrons. The molecule has 0 unspecified atom stereocenters. The Labute approximate surface area is 93.4 Å². The number of aromatic nitrogens is 1. The van der Waals surface area contributed by atoms with E-state index in [1.165, 1.54) is 6.20 Å². The lowest BCUT2D eigenvalue weighted by Gasteiger charge is -2.04. The number of benzene rings is 1. The molecule has 0 saturated heterocycles. The molecule has 2 aromatic rings. The van der Waals surface area contributed by atoms with Crippen LogP contribution in [0.5, 0.6) is 5.75 Å². The van der Waals surface area contributed by atoms with Crippen molar-refractivity contribution in [2.45, 2.75) is 0 Å². The van der Waals surface area contributed by atoms with Crippen LogP contribution >= 0.6 is 23.8 Å². The van der Waals surface area contributed by atoms with Crippen molar-refractivity contribution in [3.05, 3.63) is 28.9 Å². The van der Waals surface area contributed by atoms with Crippen LogP contribution in [0.2, 0.25) is 0 Å². The molecule has 1 heterocycles. The standard InChI is InChI=1S/C8H7BrNO4P/c9-5-1-2-7-6(3-5)8(4-10-7)14-15(11,12)13/h1-4,10H,(H2,11,12,13). The van der Waals surface area contributed by atoms with Gasteiger partial charge in [-0.3, -0.25) is 9.79 Å². The summed E-state index contributed by atoms with van der Waals surface area (Å²) in [6, 6.07) is 5.32. The number of aromatic amines is 1. The Bertz CT molecular complexity index is 547. The lowest BCUT2D eigenvalue weighted by molar-refractivity contribution is 0.284. The van der Waals surface area contributed by atoms with Crippen molar-refractivity contribution in [3.63, 3.8) is 0 Å². The summed E-state index contributed by atoms with van der Waals surface area (Å²) in [4.78, 5) is 20.2. The summed E-state index contributed by atoms with van der Waals surface area (Å²) in [6.07, 6.45) is 1.41. The first kappa shape index (κ1) is 10.7. The Kier molecular flexibility index (Phi) is 2.60. The number of phosphoric ester groups is 1. The Balaban J connectivity index is 2.53. The van der Waals surface area contributed by atoms with Gasteiger partial charge in [0, 0.05) is 21.6 Å². The third kappa shape index (κ3) is 2.41. The van der Waals surface area contributed by atoms with E-state index in [1.54, 1.807) is 12.1 Å². The molecule has 0 aliphatic rings. The maximum atomic E-state index is 10.7. The predicted molar refractivity (Wildman–Crippen MR) is 58.7 cm³/mol. The van der Waals surface area contributed by atoms with Gasteiger partial charge < -0.3 is 9.51 Å². The average molecular weight is 292 g/mol. The lowest BCUT2D eigenvalue weighted by Crippen LogP contribution is -1.88. The van der Waals surface area contributed by atoms with Crippen LogP contribution in [0.25, 0.3) is 10.9 Å². The molecule has 3 N–H and O–H groups in total. The summed E-state index contributed by atoms with van der Waals surface area (Å²) in [5.74, 6) is 0.139. The van der Waals surface area contributed by atoms with E-state index in [2.05, 4.69) is 25.4 Å². The zero-order valence-electron chi connectivity index (χ0n) is 7.35. The van der Waals surface area contributed by atoms with Crippen LogP contribution in [-0.2, 0) is 4.57 Å². The molecule has 5 nitrogen and oxygen atoms in total. The maximum absolute atomic E-state index is 10.7. The van der Waals surface area contributed by atoms with Crippen molar-refractivity contribution in [2.75, 3.05) is 0 Å². The molecule has 2 rings (SSSR count). The van der Waals surface area contributed by atoms with Crippen molar-refractivity contribution in [1.29, 1.82) is 0 Å². The van der Waals surface area contributed by atoms with Gasteiger partial charge >= 0.3 is 7.82 Å². The Hall–Kier alpha value is -0.810. The van der Waals surface area contributed by atoms with Crippen LogP contribution in [0.3, 0.4) is 0 Å². The van der Waals surface area contributed by atoms with Gasteiger partial charge in [-0.15, -0.1) is 0 Å². The summed E-state index contributed by atoms with van der Waals surface area (Å²) in [7, 11) is -4.51. The van der Waals surface area contributed by atoms with E-state index in [9.17, 15) is 4.57 Å². The van der Waals surface area contributed by atoms with Crippen LogP contribution in [0.1, 0.15) is 0 Å². The van der Waals surface area contributed by atoms with E-state index < -0.39 is 7.82 Å². The monoisotopic (exact) mass is 291 g/mol. The number of fused-ring (bicyclic) bond motifs is 1. The molecule has 1 aromatic heterocycles. The minimum absolute atomic E-state index is 0.139. The van der Waals surface area contributed by atoms with Gasteiger partial charge in [0.1, 0.15) is 0 Å². The van der Waals surface area contributed by atoms with E-state index in [1.807, 2.05) is 6.07 Å². The van der Waals surface area contributed by atoms with E-state index in [4.69, 9.17) is 9.79 Å². The fourth-order valence-electron chi connectivity index (χ4n) is 1.27. The second-order valence-electron chi connectivity index (χ2n) is 2.92. The van der Waals surface area contributed by atoms with E-state index in [-0.39, 0.29) is 5.75 Å². The molecule has 0 fully saturated rings. The molecule has 15 heavy (non-hydrogen) atoms. The smallest absolute Gasteiger partial charge is 0.402 e. The minimum atomic E-state index is -4.51. The molecule has 0 aliphatic carbocycles. The summed E-state index contributed by atoms with van der Waals surface area (Å²) in [5.41, 5.74) is 0.752. The zero-order chi connectivity index (χ0) is 11.1. The summed E-state index contributed by atoms with van der Waals surface area (Å²) in [5, 5.41) is 0.618. The van der Waals surface area contributed by atoms with Crippen molar-refractivity contribution < 1.29 is 18.9 Å². The van der Waals surface area contributed by atoms with Gasteiger partial charge in [0.05, 0.1) is 0 Å². The van der Waals surface area contributed by atoms with E-state index in [0.29, 0.717) is 5.39 Å². The van der Waals surface area contributed by atoms with Gasteiger partial charge in [-0.2, -0.15) is 0 Å². The number of nitrogens with one attached hydrogen (secondary N) is 1. The number of hydrogen-bond acceptors (Lipinski definition) is 2. The molecule has 0 spiro atoms.